The largest absolute Gasteiger partial charge is 0.478 e. The van der Waals surface area contributed by atoms with Crippen molar-refractivity contribution in [2.24, 2.45) is 5.10 Å². The van der Waals surface area contributed by atoms with Gasteiger partial charge in [0.1, 0.15) is 11.5 Å². The Morgan fingerprint density at radius 2 is 1.90 bits per heavy atom. The molecule has 1 N–H and O–H groups in total. The lowest BCUT2D eigenvalue weighted by atomic mass is 10.1. The molecule has 144 valence electrons. The zero-order valence-corrected chi connectivity index (χ0v) is 16.1. The Morgan fingerprint density at radius 3 is 2.62 bits per heavy atom. The van der Waals surface area contributed by atoms with Crippen LogP contribution < -0.4 is 5.01 Å². The number of para-hydroxylation sites is 1. The van der Waals surface area contributed by atoms with Gasteiger partial charge in [-0.2, -0.15) is 10.1 Å². The molecule has 1 aliphatic rings. The van der Waals surface area contributed by atoms with Gasteiger partial charge in [0.05, 0.1) is 22.5 Å². The van der Waals surface area contributed by atoms with Gasteiger partial charge in [-0.1, -0.05) is 29.8 Å². The second kappa shape index (κ2) is 7.41. The molecule has 2 heterocycles. The predicted octanol–water partition coefficient (Wildman–Crippen LogP) is 5.10. The lowest BCUT2D eigenvalue weighted by Crippen LogP contribution is -2.21. The van der Waals surface area contributed by atoms with E-state index >= 15 is 0 Å². The molecule has 7 heteroatoms. The summed E-state index contributed by atoms with van der Waals surface area (Å²) in [6, 6.07) is 16.9. The number of carboxylic acid groups (broad SMARTS) is 1. The number of aromatic carboxylic acids is 1. The molecular formula is C22H15ClN2O4. The number of amides is 1. The van der Waals surface area contributed by atoms with Crippen LogP contribution in [0.25, 0.3) is 17.4 Å². The van der Waals surface area contributed by atoms with E-state index in [1.807, 2.05) is 18.2 Å². The van der Waals surface area contributed by atoms with Crippen molar-refractivity contribution < 1.29 is 19.1 Å². The predicted molar refractivity (Wildman–Crippen MR) is 111 cm³/mol. The van der Waals surface area contributed by atoms with Crippen LogP contribution in [-0.4, -0.2) is 22.7 Å². The summed E-state index contributed by atoms with van der Waals surface area (Å²) >= 11 is 6.02. The molecule has 0 saturated carbocycles. The van der Waals surface area contributed by atoms with Crippen LogP contribution in [0.15, 0.2) is 75.8 Å². The number of furan rings is 1. The third-order valence-corrected chi connectivity index (χ3v) is 4.69. The Kier molecular flexibility index (Phi) is 4.78. The van der Waals surface area contributed by atoms with Crippen molar-refractivity contribution in [2.45, 2.75) is 6.92 Å². The molecule has 0 aliphatic carbocycles. The summed E-state index contributed by atoms with van der Waals surface area (Å²) in [6.45, 7) is 1.75. The van der Waals surface area contributed by atoms with Gasteiger partial charge in [-0.15, -0.1) is 0 Å². The number of carbonyl (C=O) groups excluding carboxylic acids is 1. The monoisotopic (exact) mass is 406 g/mol. The lowest BCUT2D eigenvalue weighted by molar-refractivity contribution is -0.114. The first-order valence-electron chi connectivity index (χ1n) is 8.74. The molecule has 0 unspecified atom stereocenters. The Hall–Kier alpha value is -3.64. The molecule has 2 aromatic carbocycles. The summed E-state index contributed by atoms with van der Waals surface area (Å²) in [5.41, 5.74) is 2.08. The van der Waals surface area contributed by atoms with Crippen LogP contribution in [0.2, 0.25) is 5.02 Å². The number of nitrogens with zero attached hydrogens (tertiary/aromatic N) is 2. The van der Waals surface area contributed by atoms with Crippen LogP contribution in [0.3, 0.4) is 0 Å². The van der Waals surface area contributed by atoms with E-state index in [1.54, 1.807) is 37.3 Å². The maximum absolute atomic E-state index is 12.8. The van der Waals surface area contributed by atoms with E-state index in [9.17, 15) is 14.7 Å². The van der Waals surface area contributed by atoms with Gasteiger partial charge in [0, 0.05) is 10.6 Å². The highest BCUT2D eigenvalue weighted by Crippen LogP contribution is 2.31. The molecule has 1 aromatic heterocycles. The number of hydrazone groups is 1. The fourth-order valence-electron chi connectivity index (χ4n) is 3.05. The SMILES string of the molecule is CC1=NN(c2ccccc2)C(=O)/C1=C\c1ccc(-c2cc(Cl)ccc2C(=O)O)o1. The second-order valence-corrected chi connectivity index (χ2v) is 6.83. The van der Waals surface area contributed by atoms with E-state index in [4.69, 9.17) is 16.0 Å². The molecule has 0 radical (unpaired) electrons. The summed E-state index contributed by atoms with van der Waals surface area (Å²) in [4.78, 5) is 24.3. The maximum atomic E-state index is 12.8. The minimum atomic E-state index is -1.08. The zero-order valence-electron chi connectivity index (χ0n) is 15.3. The molecule has 0 spiro atoms. The number of hydrogen-bond donors (Lipinski definition) is 1. The summed E-state index contributed by atoms with van der Waals surface area (Å²) in [6.07, 6.45) is 1.60. The number of carboxylic acids is 1. The van der Waals surface area contributed by atoms with Crippen molar-refractivity contribution in [1.82, 2.24) is 0 Å². The second-order valence-electron chi connectivity index (χ2n) is 6.39. The number of carbonyl (C=O) groups is 2. The average Bonchev–Trinajstić information content (AvgIpc) is 3.28. The van der Waals surface area contributed by atoms with Gasteiger partial charge in [0.25, 0.3) is 5.91 Å². The third-order valence-electron chi connectivity index (χ3n) is 4.45. The molecule has 1 amide bonds. The highest BCUT2D eigenvalue weighted by Gasteiger charge is 2.29. The van der Waals surface area contributed by atoms with E-state index < -0.39 is 5.97 Å². The Labute approximate surface area is 171 Å². The van der Waals surface area contributed by atoms with E-state index in [0.29, 0.717) is 39.1 Å². The fourth-order valence-corrected chi connectivity index (χ4v) is 3.22. The van der Waals surface area contributed by atoms with Gasteiger partial charge >= 0.3 is 5.97 Å². The Balaban J connectivity index is 1.67. The van der Waals surface area contributed by atoms with Crippen LogP contribution in [0.4, 0.5) is 5.69 Å². The Bertz CT molecular complexity index is 1180. The molecule has 0 atom stereocenters. The van der Waals surface area contributed by atoms with E-state index in [0.717, 1.165) is 0 Å². The van der Waals surface area contributed by atoms with Crippen LogP contribution in [-0.2, 0) is 4.79 Å². The quantitative estimate of drug-likeness (QED) is 0.610. The fraction of sp³-hybridized carbons (Fsp3) is 0.0455. The molecular weight excluding hydrogens is 392 g/mol. The first-order valence-corrected chi connectivity index (χ1v) is 9.11. The van der Waals surface area contributed by atoms with E-state index in [1.165, 1.54) is 23.2 Å². The van der Waals surface area contributed by atoms with Gasteiger partial charge in [0.2, 0.25) is 0 Å². The molecule has 0 fully saturated rings. The topological polar surface area (TPSA) is 83.1 Å². The standard InChI is InChI=1S/C22H15ClN2O4/c1-13-18(21(26)25(24-13)15-5-3-2-4-6-15)12-16-8-10-20(29-16)19-11-14(23)7-9-17(19)22(27)28/h2-12H,1H3,(H,27,28)/b18-12-. The van der Waals surface area contributed by atoms with Gasteiger partial charge < -0.3 is 9.52 Å². The first kappa shape index (κ1) is 18.7. The van der Waals surface area contributed by atoms with Crippen LogP contribution in [0.5, 0.6) is 0 Å². The van der Waals surface area contributed by atoms with Crippen molar-refractivity contribution >= 4 is 41.0 Å². The molecule has 0 bridgehead atoms. The number of anilines is 1. The van der Waals surface area contributed by atoms with Crippen LogP contribution in [0, 0.1) is 0 Å². The van der Waals surface area contributed by atoms with Crippen LogP contribution >= 0.6 is 11.6 Å². The maximum Gasteiger partial charge on any atom is 0.336 e. The van der Waals surface area contributed by atoms with E-state index in [2.05, 4.69) is 5.10 Å². The smallest absolute Gasteiger partial charge is 0.336 e. The number of rotatable bonds is 4. The summed E-state index contributed by atoms with van der Waals surface area (Å²) in [7, 11) is 0. The summed E-state index contributed by atoms with van der Waals surface area (Å²) < 4.78 is 5.79. The Morgan fingerprint density at radius 1 is 1.14 bits per heavy atom. The molecule has 0 saturated heterocycles. The molecule has 6 nitrogen and oxygen atoms in total. The lowest BCUT2D eigenvalue weighted by Gasteiger charge is -2.10. The summed E-state index contributed by atoms with van der Waals surface area (Å²) in [5.74, 6) is -0.595. The van der Waals surface area contributed by atoms with Crippen molar-refractivity contribution in [3.8, 4) is 11.3 Å². The highest BCUT2D eigenvalue weighted by molar-refractivity contribution is 6.32. The minimum absolute atomic E-state index is 0.0768. The highest BCUT2D eigenvalue weighted by atomic mass is 35.5. The van der Waals surface area contributed by atoms with Crippen molar-refractivity contribution in [3.05, 3.63) is 82.6 Å². The van der Waals surface area contributed by atoms with Crippen LogP contribution in [0.1, 0.15) is 23.0 Å². The van der Waals surface area contributed by atoms with Crippen molar-refractivity contribution in [3.63, 3.8) is 0 Å². The molecule has 4 rings (SSSR count). The van der Waals surface area contributed by atoms with E-state index in [-0.39, 0.29) is 11.5 Å². The number of hydrogen-bond acceptors (Lipinski definition) is 4. The van der Waals surface area contributed by atoms with Gasteiger partial charge in [-0.05, 0) is 55.5 Å². The molecule has 29 heavy (non-hydrogen) atoms. The average molecular weight is 407 g/mol. The molecule has 3 aromatic rings. The van der Waals surface area contributed by atoms with Crippen molar-refractivity contribution in [1.29, 1.82) is 0 Å². The normalized spacial score (nSPS) is 15.1. The number of halogens is 1. The first-order chi connectivity index (χ1) is 13.9. The van der Waals surface area contributed by atoms with Crippen molar-refractivity contribution in [2.75, 3.05) is 5.01 Å². The third kappa shape index (κ3) is 3.58. The minimum Gasteiger partial charge on any atom is -0.478 e. The molecule has 1 aliphatic heterocycles. The summed E-state index contributed by atoms with van der Waals surface area (Å²) in [5, 5.41) is 15.5. The number of benzene rings is 2. The van der Waals surface area contributed by atoms with Gasteiger partial charge in [-0.3, -0.25) is 4.79 Å². The zero-order chi connectivity index (χ0) is 20.5. The van der Waals surface area contributed by atoms with Gasteiger partial charge in [0.15, 0.2) is 0 Å². The van der Waals surface area contributed by atoms with Gasteiger partial charge in [-0.25, -0.2) is 4.79 Å².